The number of rotatable bonds is 3. The third kappa shape index (κ3) is 3.56. The van der Waals surface area contributed by atoms with E-state index in [2.05, 4.69) is 36.7 Å². The Hall–Kier alpha value is -1.37. The van der Waals surface area contributed by atoms with E-state index in [0.717, 1.165) is 0 Å². The molecule has 0 unspecified atom stereocenters. The zero-order valence-electron chi connectivity index (χ0n) is 9.32. The molecule has 2 aromatic rings. The van der Waals surface area contributed by atoms with Crippen LogP contribution >= 0.6 is 39.1 Å². The Morgan fingerprint density at radius 2 is 2.21 bits per heavy atom. The van der Waals surface area contributed by atoms with Crippen LogP contribution in [0.1, 0.15) is 5.56 Å². The molecule has 0 bridgehead atoms. The fraction of sp³-hybridized carbons (Fsp3) is 0. The molecular weight excluding hydrogens is 355 g/mol. The van der Waals surface area contributed by atoms with E-state index < -0.39 is 0 Å². The zero-order chi connectivity index (χ0) is 13.8. The van der Waals surface area contributed by atoms with Crippen molar-refractivity contribution < 1.29 is 0 Å². The monoisotopic (exact) mass is 360 g/mol. The zero-order valence-corrected chi connectivity index (χ0v) is 12.4. The Morgan fingerprint density at radius 3 is 2.95 bits per heavy atom. The van der Waals surface area contributed by atoms with Crippen molar-refractivity contribution in [2.75, 3.05) is 5.43 Å². The van der Waals surface area contributed by atoms with Gasteiger partial charge in [-0.2, -0.15) is 10.2 Å². The minimum absolute atomic E-state index is 0.321. The first-order valence-electron chi connectivity index (χ1n) is 5.05. The van der Waals surface area contributed by atoms with Crippen molar-refractivity contribution >= 4 is 51.0 Å². The Bertz CT molecular complexity index is 687. The number of nitrogens with one attached hydrogen (secondary N) is 2. The van der Waals surface area contributed by atoms with Crippen molar-refractivity contribution in [2.24, 2.45) is 5.10 Å². The molecule has 0 spiro atoms. The molecule has 0 aliphatic rings. The predicted octanol–water partition coefficient (Wildman–Crippen LogP) is 3.29. The molecule has 5 nitrogen and oxygen atoms in total. The summed E-state index contributed by atoms with van der Waals surface area (Å²) in [7, 11) is 0. The highest BCUT2D eigenvalue weighted by Gasteiger charge is 2.02. The summed E-state index contributed by atoms with van der Waals surface area (Å²) in [6.45, 7) is 0. The van der Waals surface area contributed by atoms with E-state index >= 15 is 0 Å². The lowest BCUT2D eigenvalue weighted by atomic mass is 10.2. The summed E-state index contributed by atoms with van der Waals surface area (Å²) in [5.74, 6) is 0. The van der Waals surface area contributed by atoms with Gasteiger partial charge in [0.25, 0.3) is 5.56 Å². The highest BCUT2D eigenvalue weighted by Crippen LogP contribution is 2.20. The molecule has 0 aliphatic carbocycles. The van der Waals surface area contributed by atoms with Gasteiger partial charge in [0.1, 0.15) is 4.47 Å². The summed E-state index contributed by atoms with van der Waals surface area (Å²) in [5, 5.41) is 11.0. The molecule has 0 radical (unpaired) electrons. The van der Waals surface area contributed by atoms with E-state index in [1.54, 1.807) is 18.2 Å². The van der Waals surface area contributed by atoms with Gasteiger partial charge in [0.05, 0.1) is 23.1 Å². The second-order valence-electron chi connectivity index (χ2n) is 3.46. The van der Waals surface area contributed by atoms with Crippen LogP contribution in [0.15, 0.2) is 38.8 Å². The van der Waals surface area contributed by atoms with E-state index in [0.29, 0.717) is 25.8 Å². The Balaban J connectivity index is 2.16. The smallest absolute Gasteiger partial charge is 0.275 e. The minimum atomic E-state index is -0.343. The van der Waals surface area contributed by atoms with Gasteiger partial charge < -0.3 is 0 Å². The topological polar surface area (TPSA) is 70.1 Å². The quantitative estimate of drug-likeness (QED) is 0.651. The highest BCUT2D eigenvalue weighted by molar-refractivity contribution is 9.10. The normalized spacial score (nSPS) is 10.9. The van der Waals surface area contributed by atoms with Gasteiger partial charge in [0.15, 0.2) is 0 Å². The highest BCUT2D eigenvalue weighted by atomic mass is 79.9. The Labute approximate surface area is 126 Å². The van der Waals surface area contributed by atoms with E-state index in [1.165, 1.54) is 12.4 Å². The maximum Gasteiger partial charge on any atom is 0.280 e. The van der Waals surface area contributed by atoms with Crippen LogP contribution in [0.3, 0.4) is 0 Å². The van der Waals surface area contributed by atoms with E-state index in [4.69, 9.17) is 23.2 Å². The summed E-state index contributed by atoms with van der Waals surface area (Å²) >= 11 is 14.9. The van der Waals surface area contributed by atoms with Gasteiger partial charge in [-0.3, -0.25) is 10.2 Å². The summed E-state index contributed by atoms with van der Waals surface area (Å²) in [6, 6.07) is 5.07. The first kappa shape index (κ1) is 14.0. The van der Waals surface area contributed by atoms with E-state index in [1.807, 2.05) is 0 Å². The van der Waals surface area contributed by atoms with Crippen LogP contribution in [-0.2, 0) is 0 Å². The number of benzene rings is 1. The second kappa shape index (κ2) is 6.18. The molecule has 2 rings (SSSR count). The number of aromatic amines is 1. The van der Waals surface area contributed by atoms with Gasteiger partial charge in [-0.05, 0) is 28.1 Å². The van der Waals surface area contributed by atoms with E-state index in [-0.39, 0.29) is 5.56 Å². The molecule has 1 aromatic heterocycles. The molecule has 8 heteroatoms. The maximum absolute atomic E-state index is 11.3. The van der Waals surface area contributed by atoms with Crippen molar-refractivity contribution in [3.8, 4) is 0 Å². The number of hydrogen-bond acceptors (Lipinski definition) is 4. The fourth-order valence-corrected chi connectivity index (χ4v) is 1.98. The average molecular weight is 362 g/mol. The molecule has 0 amide bonds. The van der Waals surface area contributed by atoms with Gasteiger partial charge >= 0.3 is 0 Å². The molecule has 98 valence electrons. The first-order chi connectivity index (χ1) is 9.08. The van der Waals surface area contributed by atoms with Gasteiger partial charge in [-0.15, -0.1) is 0 Å². The largest absolute Gasteiger partial charge is 0.280 e. The van der Waals surface area contributed by atoms with Crippen molar-refractivity contribution in [1.29, 1.82) is 0 Å². The Kier molecular flexibility index (Phi) is 4.57. The Morgan fingerprint density at radius 1 is 1.42 bits per heavy atom. The van der Waals surface area contributed by atoms with Crippen LogP contribution in [0.5, 0.6) is 0 Å². The second-order valence-corrected chi connectivity index (χ2v) is 5.10. The number of H-pyrrole nitrogens is 1. The lowest BCUT2D eigenvalue weighted by Crippen LogP contribution is -2.10. The molecule has 0 aliphatic heterocycles. The van der Waals surface area contributed by atoms with Gasteiger partial charge in [0, 0.05) is 10.6 Å². The summed E-state index contributed by atoms with van der Waals surface area (Å²) < 4.78 is 0.321. The van der Waals surface area contributed by atoms with Crippen LogP contribution in [0.25, 0.3) is 0 Å². The molecule has 0 fully saturated rings. The molecular formula is C11H7BrCl2N4O. The predicted molar refractivity (Wildman–Crippen MR) is 80.2 cm³/mol. The minimum Gasteiger partial charge on any atom is -0.275 e. The standard InChI is InChI=1S/C11H7BrCl2N4O/c12-10-9(5-16-18-11(10)19)17-15-4-6-1-2-7(13)3-8(6)14/h1-5H,(H2,17,18,19). The number of hydrazone groups is 1. The van der Waals surface area contributed by atoms with E-state index in [9.17, 15) is 4.79 Å². The lowest BCUT2D eigenvalue weighted by Gasteiger charge is -2.01. The van der Waals surface area contributed by atoms with Crippen molar-refractivity contribution in [1.82, 2.24) is 10.2 Å². The van der Waals surface area contributed by atoms with Crippen LogP contribution in [0, 0.1) is 0 Å². The molecule has 2 N–H and O–H groups in total. The average Bonchev–Trinajstić information content (AvgIpc) is 2.37. The molecule has 0 saturated heterocycles. The summed E-state index contributed by atoms with van der Waals surface area (Å²) in [6.07, 6.45) is 2.96. The van der Waals surface area contributed by atoms with Crippen LogP contribution in [0.4, 0.5) is 5.69 Å². The van der Waals surface area contributed by atoms with Crippen LogP contribution in [-0.4, -0.2) is 16.4 Å². The summed E-state index contributed by atoms with van der Waals surface area (Å²) in [4.78, 5) is 11.3. The van der Waals surface area contributed by atoms with Gasteiger partial charge in [0.2, 0.25) is 0 Å². The number of nitrogens with zero attached hydrogens (tertiary/aromatic N) is 2. The van der Waals surface area contributed by atoms with Crippen molar-refractivity contribution in [3.63, 3.8) is 0 Å². The molecule has 0 saturated carbocycles. The fourth-order valence-electron chi connectivity index (χ4n) is 1.24. The number of aromatic nitrogens is 2. The molecule has 19 heavy (non-hydrogen) atoms. The molecule has 0 atom stereocenters. The third-order valence-corrected chi connectivity index (χ3v) is 3.50. The number of anilines is 1. The third-order valence-electron chi connectivity index (χ3n) is 2.15. The van der Waals surface area contributed by atoms with Crippen molar-refractivity contribution in [3.05, 3.63) is 54.8 Å². The summed E-state index contributed by atoms with van der Waals surface area (Å²) in [5.41, 5.74) is 3.50. The lowest BCUT2D eigenvalue weighted by molar-refractivity contribution is 0.977. The SMILES string of the molecule is O=c1[nH]ncc(NN=Cc2ccc(Cl)cc2Cl)c1Br. The van der Waals surface area contributed by atoms with Gasteiger partial charge in [-0.25, -0.2) is 5.10 Å². The van der Waals surface area contributed by atoms with Gasteiger partial charge in [-0.1, -0.05) is 29.3 Å². The van der Waals surface area contributed by atoms with Crippen molar-refractivity contribution in [2.45, 2.75) is 0 Å². The molecule has 1 aromatic carbocycles. The molecule has 1 heterocycles. The maximum atomic E-state index is 11.3. The van der Waals surface area contributed by atoms with Crippen LogP contribution in [0.2, 0.25) is 10.0 Å². The first-order valence-corrected chi connectivity index (χ1v) is 6.60. The number of hydrogen-bond donors (Lipinski definition) is 2. The number of halogens is 3. The van der Waals surface area contributed by atoms with Crippen LogP contribution < -0.4 is 11.0 Å².